The Labute approximate surface area is 116 Å². The number of ether oxygens (including phenoxy) is 1. The lowest BCUT2D eigenvalue weighted by Crippen LogP contribution is -2.45. The van der Waals surface area contributed by atoms with Crippen LogP contribution in [-0.2, 0) is 11.8 Å². The molecule has 1 aromatic heterocycles. The number of amides is 1. The fourth-order valence-electron chi connectivity index (χ4n) is 2.57. The molecule has 0 spiro atoms. The zero-order valence-corrected chi connectivity index (χ0v) is 11.8. The minimum Gasteiger partial charge on any atom is -0.379 e. The average Bonchev–Trinajstić information content (AvgIpc) is 2.97. The molecule has 0 radical (unpaired) electrons. The number of carbonyl (C=O) groups is 1. The molecule has 0 N–H and O–H groups in total. The molecule has 1 aliphatic heterocycles. The van der Waals surface area contributed by atoms with Crippen molar-refractivity contribution < 1.29 is 18.3 Å². The van der Waals surface area contributed by atoms with Gasteiger partial charge in [0.15, 0.2) is 0 Å². The maximum atomic E-state index is 13.1. The quantitative estimate of drug-likeness (QED) is 0.851. The molecule has 7 heteroatoms. The van der Waals surface area contributed by atoms with Crippen molar-refractivity contribution in [3.05, 3.63) is 17.5 Å². The number of nitrogens with zero attached hydrogens (tertiary/aromatic N) is 3. The third-order valence-electron chi connectivity index (χ3n) is 3.51. The predicted octanol–water partition coefficient (Wildman–Crippen LogP) is 2.00. The molecule has 0 saturated carbocycles. The highest BCUT2D eigenvalue weighted by atomic mass is 19.3. The van der Waals surface area contributed by atoms with Gasteiger partial charge in [-0.3, -0.25) is 9.48 Å². The van der Waals surface area contributed by atoms with Crippen LogP contribution < -0.4 is 0 Å². The molecule has 2 rings (SSSR count). The Hall–Kier alpha value is -1.50. The largest absolute Gasteiger partial charge is 0.379 e. The van der Waals surface area contributed by atoms with E-state index in [-0.39, 0.29) is 23.3 Å². The predicted molar refractivity (Wildman–Crippen MR) is 68.7 cm³/mol. The van der Waals surface area contributed by atoms with Crippen molar-refractivity contribution in [1.82, 2.24) is 14.7 Å². The number of hydrogen-bond donors (Lipinski definition) is 0. The summed E-state index contributed by atoms with van der Waals surface area (Å²) in [4.78, 5) is 14.2. The van der Waals surface area contributed by atoms with Crippen LogP contribution in [0.4, 0.5) is 8.78 Å². The maximum absolute atomic E-state index is 13.1. The lowest BCUT2D eigenvalue weighted by atomic mass is 10.1. The number of hydrogen-bond acceptors (Lipinski definition) is 3. The zero-order chi connectivity index (χ0) is 14.9. The van der Waals surface area contributed by atoms with E-state index in [1.54, 1.807) is 4.90 Å². The van der Waals surface area contributed by atoms with Crippen LogP contribution in [0.25, 0.3) is 0 Å². The second-order valence-electron chi connectivity index (χ2n) is 5.19. The van der Waals surface area contributed by atoms with E-state index in [1.807, 2.05) is 13.8 Å². The zero-order valence-electron chi connectivity index (χ0n) is 11.8. The van der Waals surface area contributed by atoms with Crippen LogP contribution in [0.1, 0.15) is 42.7 Å². The van der Waals surface area contributed by atoms with Gasteiger partial charge in [-0.1, -0.05) is 0 Å². The summed E-state index contributed by atoms with van der Waals surface area (Å²) in [6, 6.07) is -0.145. The SMILES string of the molecule is CC(C)N(C(=O)c1cnn(C)c1C(F)F)C1CCOC1. The summed E-state index contributed by atoms with van der Waals surface area (Å²) in [5, 5.41) is 3.79. The Kier molecular flexibility index (Phi) is 4.37. The van der Waals surface area contributed by atoms with Gasteiger partial charge in [-0.25, -0.2) is 8.78 Å². The van der Waals surface area contributed by atoms with E-state index in [1.165, 1.54) is 13.2 Å². The smallest absolute Gasteiger partial charge is 0.280 e. The van der Waals surface area contributed by atoms with Gasteiger partial charge in [-0.15, -0.1) is 0 Å². The molecule has 112 valence electrons. The van der Waals surface area contributed by atoms with Crippen molar-refractivity contribution in [2.45, 2.75) is 38.8 Å². The number of halogens is 2. The average molecular weight is 287 g/mol. The molecule has 1 aromatic rings. The molecular formula is C13H19F2N3O2. The standard InChI is InChI=1S/C13H19F2N3O2/c1-8(2)18(9-4-5-20-7-9)13(19)10-6-16-17(3)11(10)12(14)15/h6,8-9,12H,4-5,7H2,1-3H3. The van der Waals surface area contributed by atoms with E-state index >= 15 is 0 Å². The molecule has 1 aliphatic rings. The molecule has 0 aliphatic carbocycles. The second-order valence-corrected chi connectivity index (χ2v) is 5.19. The van der Waals surface area contributed by atoms with E-state index < -0.39 is 12.3 Å². The van der Waals surface area contributed by atoms with Crippen molar-refractivity contribution in [1.29, 1.82) is 0 Å². The lowest BCUT2D eigenvalue weighted by Gasteiger charge is -2.31. The normalized spacial score (nSPS) is 19.1. The molecular weight excluding hydrogens is 268 g/mol. The summed E-state index contributed by atoms with van der Waals surface area (Å²) in [7, 11) is 1.41. The first-order valence-corrected chi connectivity index (χ1v) is 6.64. The first-order valence-electron chi connectivity index (χ1n) is 6.64. The van der Waals surface area contributed by atoms with Gasteiger partial charge in [-0.2, -0.15) is 5.10 Å². The van der Waals surface area contributed by atoms with Gasteiger partial charge in [0.1, 0.15) is 5.69 Å². The minimum atomic E-state index is -2.73. The van der Waals surface area contributed by atoms with Crippen molar-refractivity contribution in [3.63, 3.8) is 0 Å². The highest BCUT2D eigenvalue weighted by Gasteiger charge is 2.33. The molecule has 20 heavy (non-hydrogen) atoms. The molecule has 1 atom stereocenters. The number of alkyl halides is 2. The van der Waals surface area contributed by atoms with Crippen LogP contribution in [0.2, 0.25) is 0 Å². The Bertz CT molecular complexity index is 482. The molecule has 1 unspecified atom stereocenters. The summed E-state index contributed by atoms with van der Waals surface area (Å²) in [5.41, 5.74) is -0.359. The first kappa shape index (κ1) is 14.9. The monoisotopic (exact) mass is 287 g/mol. The van der Waals surface area contributed by atoms with Gasteiger partial charge in [0.2, 0.25) is 0 Å². The van der Waals surface area contributed by atoms with Gasteiger partial charge >= 0.3 is 0 Å². The van der Waals surface area contributed by atoms with Crippen molar-refractivity contribution >= 4 is 5.91 Å². The fraction of sp³-hybridized carbons (Fsp3) is 0.692. The Balaban J connectivity index is 2.32. The number of aryl methyl sites for hydroxylation is 1. The summed E-state index contributed by atoms with van der Waals surface area (Å²) in [6.45, 7) is 4.79. The molecule has 5 nitrogen and oxygen atoms in total. The highest BCUT2D eigenvalue weighted by Crippen LogP contribution is 2.26. The van der Waals surface area contributed by atoms with Crippen LogP contribution in [0.5, 0.6) is 0 Å². The van der Waals surface area contributed by atoms with Crippen molar-refractivity contribution in [3.8, 4) is 0 Å². The first-order chi connectivity index (χ1) is 9.43. The van der Waals surface area contributed by atoms with Crippen LogP contribution in [-0.4, -0.2) is 45.9 Å². The summed E-state index contributed by atoms with van der Waals surface area (Å²) >= 11 is 0. The van der Waals surface area contributed by atoms with E-state index in [4.69, 9.17) is 4.74 Å². The minimum absolute atomic E-state index is 0.0249. The highest BCUT2D eigenvalue weighted by molar-refractivity contribution is 5.95. The van der Waals surface area contributed by atoms with Crippen LogP contribution in [0.3, 0.4) is 0 Å². The van der Waals surface area contributed by atoms with E-state index in [2.05, 4.69) is 5.10 Å². The summed E-state index contributed by atoms with van der Waals surface area (Å²) in [5.74, 6) is -0.404. The van der Waals surface area contributed by atoms with Crippen molar-refractivity contribution in [2.24, 2.45) is 7.05 Å². The Morgan fingerprint density at radius 3 is 2.75 bits per heavy atom. The van der Waals surface area contributed by atoms with Gasteiger partial charge in [0.25, 0.3) is 12.3 Å². The molecule has 2 heterocycles. The third kappa shape index (κ3) is 2.67. The van der Waals surface area contributed by atoms with E-state index in [9.17, 15) is 13.6 Å². The molecule has 1 amide bonds. The summed E-state index contributed by atoms with van der Waals surface area (Å²) in [6.07, 6.45) is -0.779. The topological polar surface area (TPSA) is 47.4 Å². The third-order valence-corrected chi connectivity index (χ3v) is 3.51. The number of aromatic nitrogens is 2. The van der Waals surface area contributed by atoms with Gasteiger partial charge in [0.05, 0.1) is 24.4 Å². The van der Waals surface area contributed by atoms with Crippen molar-refractivity contribution in [2.75, 3.05) is 13.2 Å². The molecule has 0 aromatic carbocycles. The van der Waals surface area contributed by atoms with E-state index in [0.717, 1.165) is 11.1 Å². The molecule has 1 fully saturated rings. The number of rotatable bonds is 4. The maximum Gasteiger partial charge on any atom is 0.280 e. The molecule has 0 bridgehead atoms. The number of carbonyl (C=O) groups excluding carboxylic acids is 1. The van der Waals surface area contributed by atoms with Crippen LogP contribution in [0, 0.1) is 0 Å². The summed E-state index contributed by atoms with van der Waals surface area (Å²) < 4.78 is 32.5. The van der Waals surface area contributed by atoms with Gasteiger partial charge < -0.3 is 9.64 Å². The van der Waals surface area contributed by atoms with Gasteiger partial charge in [0, 0.05) is 19.7 Å². The van der Waals surface area contributed by atoms with Crippen LogP contribution >= 0.6 is 0 Å². The fourth-order valence-corrected chi connectivity index (χ4v) is 2.57. The molecule has 1 saturated heterocycles. The Morgan fingerprint density at radius 1 is 1.55 bits per heavy atom. The Morgan fingerprint density at radius 2 is 2.25 bits per heavy atom. The van der Waals surface area contributed by atoms with Gasteiger partial charge in [-0.05, 0) is 20.3 Å². The second kappa shape index (κ2) is 5.87. The lowest BCUT2D eigenvalue weighted by molar-refractivity contribution is 0.0570. The van der Waals surface area contributed by atoms with E-state index in [0.29, 0.717) is 13.2 Å². The van der Waals surface area contributed by atoms with Crippen LogP contribution in [0.15, 0.2) is 6.20 Å².